The van der Waals surface area contributed by atoms with Crippen LogP contribution >= 0.6 is 12.2 Å². The summed E-state index contributed by atoms with van der Waals surface area (Å²) < 4.78 is 34.9. The predicted octanol–water partition coefficient (Wildman–Crippen LogP) is 4.08. The molecule has 1 N–H and O–H groups in total. The topological polar surface area (TPSA) is 50.8 Å². The van der Waals surface area contributed by atoms with E-state index < -0.39 is 6.61 Å². The van der Waals surface area contributed by atoms with Crippen molar-refractivity contribution >= 4 is 29.3 Å². The molecule has 1 aliphatic heterocycles. The fraction of sp³-hybridized carbons (Fsp3) is 0.474. The van der Waals surface area contributed by atoms with Gasteiger partial charge in [0.15, 0.2) is 16.6 Å². The summed E-state index contributed by atoms with van der Waals surface area (Å²) in [5.41, 5.74) is 1.000. The third-order valence-corrected chi connectivity index (χ3v) is 4.94. The van der Waals surface area contributed by atoms with Gasteiger partial charge in [0.05, 0.1) is 6.61 Å². The van der Waals surface area contributed by atoms with E-state index in [0.717, 1.165) is 25.7 Å². The summed E-state index contributed by atoms with van der Waals surface area (Å²) in [6.07, 6.45) is 6.93. The first-order chi connectivity index (χ1) is 13.0. The molecule has 8 heteroatoms. The summed E-state index contributed by atoms with van der Waals surface area (Å²) >= 11 is 5.35. The van der Waals surface area contributed by atoms with Gasteiger partial charge in [-0.3, -0.25) is 9.69 Å². The van der Waals surface area contributed by atoms with Gasteiger partial charge in [-0.1, -0.05) is 25.3 Å². The molecule has 27 heavy (non-hydrogen) atoms. The molecule has 1 heterocycles. The summed E-state index contributed by atoms with van der Waals surface area (Å²) in [7, 11) is 0. The lowest BCUT2D eigenvalue weighted by molar-refractivity contribution is -0.124. The number of nitrogens with one attached hydrogen (secondary N) is 1. The number of carbonyl (C=O) groups excluding carboxylic acids is 1. The van der Waals surface area contributed by atoms with E-state index in [1.807, 2.05) is 0 Å². The van der Waals surface area contributed by atoms with E-state index in [-0.39, 0.29) is 23.4 Å². The van der Waals surface area contributed by atoms with Gasteiger partial charge in [-0.2, -0.15) is 8.78 Å². The average molecular weight is 396 g/mol. The molecule has 2 aliphatic rings. The molecule has 0 bridgehead atoms. The lowest BCUT2D eigenvalue weighted by Crippen LogP contribution is -2.41. The SMILES string of the molecule is CCOc1cc(/C=C2/NC(=S)N(C3CCCCC3)C2=O)ccc1OC(F)F. The van der Waals surface area contributed by atoms with Crippen molar-refractivity contribution in [3.63, 3.8) is 0 Å². The second kappa shape index (κ2) is 8.65. The molecule has 1 aliphatic carbocycles. The van der Waals surface area contributed by atoms with Crippen LogP contribution in [0.5, 0.6) is 11.5 Å². The van der Waals surface area contributed by atoms with Gasteiger partial charge in [0.25, 0.3) is 5.91 Å². The van der Waals surface area contributed by atoms with Crippen LogP contribution in [0.1, 0.15) is 44.6 Å². The van der Waals surface area contributed by atoms with Crippen LogP contribution in [0.4, 0.5) is 8.78 Å². The van der Waals surface area contributed by atoms with Gasteiger partial charge < -0.3 is 14.8 Å². The highest BCUT2D eigenvalue weighted by molar-refractivity contribution is 7.80. The van der Waals surface area contributed by atoms with Crippen molar-refractivity contribution in [3.8, 4) is 11.5 Å². The third-order valence-electron chi connectivity index (χ3n) is 4.64. The number of alkyl halides is 2. The Morgan fingerprint density at radius 1 is 1.30 bits per heavy atom. The van der Waals surface area contributed by atoms with Crippen molar-refractivity contribution in [2.24, 2.45) is 0 Å². The molecule has 0 atom stereocenters. The van der Waals surface area contributed by atoms with Gasteiger partial charge in [0.2, 0.25) is 0 Å². The molecule has 1 aromatic carbocycles. The molecular weight excluding hydrogens is 374 g/mol. The molecule has 0 unspecified atom stereocenters. The summed E-state index contributed by atoms with van der Waals surface area (Å²) in [4.78, 5) is 14.5. The van der Waals surface area contributed by atoms with Crippen LogP contribution in [0.25, 0.3) is 6.08 Å². The molecule has 1 aromatic rings. The highest BCUT2D eigenvalue weighted by Crippen LogP contribution is 2.31. The number of amides is 1. The molecule has 0 spiro atoms. The first kappa shape index (κ1) is 19.5. The number of benzene rings is 1. The van der Waals surface area contributed by atoms with Crippen molar-refractivity contribution in [1.29, 1.82) is 0 Å². The molecule has 1 saturated carbocycles. The lowest BCUT2D eigenvalue weighted by Gasteiger charge is -2.29. The van der Waals surface area contributed by atoms with Gasteiger partial charge >= 0.3 is 6.61 Å². The maximum Gasteiger partial charge on any atom is 0.387 e. The van der Waals surface area contributed by atoms with Crippen molar-refractivity contribution in [2.75, 3.05) is 6.61 Å². The first-order valence-corrected chi connectivity index (χ1v) is 9.48. The summed E-state index contributed by atoms with van der Waals surface area (Å²) in [5.74, 6) is 0.00105. The number of rotatable bonds is 6. The Labute approximate surface area is 162 Å². The largest absolute Gasteiger partial charge is 0.490 e. The monoisotopic (exact) mass is 396 g/mol. The molecule has 3 rings (SSSR count). The fourth-order valence-corrected chi connectivity index (χ4v) is 3.80. The lowest BCUT2D eigenvalue weighted by atomic mass is 9.94. The number of carbonyl (C=O) groups is 1. The van der Waals surface area contributed by atoms with Crippen LogP contribution in [-0.4, -0.2) is 35.2 Å². The quantitative estimate of drug-likeness (QED) is 0.580. The molecule has 5 nitrogen and oxygen atoms in total. The summed E-state index contributed by atoms with van der Waals surface area (Å²) in [6, 6.07) is 4.70. The van der Waals surface area contributed by atoms with Gasteiger partial charge in [0, 0.05) is 6.04 Å². The van der Waals surface area contributed by atoms with Crippen molar-refractivity contribution in [1.82, 2.24) is 10.2 Å². The number of halogens is 2. The van der Waals surface area contributed by atoms with Gasteiger partial charge in [-0.15, -0.1) is 0 Å². The van der Waals surface area contributed by atoms with E-state index in [9.17, 15) is 13.6 Å². The smallest absolute Gasteiger partial charge is 0.387 e. The van der Waals surface area contributed by atoms with Crippen LogP contribution in [-0.2, 0) is 4.79 Å². The molecule has 1 amide bonds. The number of hydrogen-bond acceptors (Lipinski definition) is 4. The molecular formula is C19H22F2N2O3S. The Hall–Kier alpha value is -2.22. The van der Waals surface area contributed by atoms with E-state index in [0.29, 0.717) is 23.0 Å². The molecule has 0 aromatic heterocycles. The van der Waals surface area contributed by atoms with E-state index in [1.54, 1.807) is 30.0 Å². The van der Waals surface area contributed by atoms with E-state index >= 15 is 0 Å². The Balaban J connectivity index is 1.82. The number of hydrogen-bond donors (Lipinski definition) is 1. The zero-order valence-electron chi connectivity index (χ0n) is 15.0. The maximum absolute atomic E-state index is 12.8. The number of ether oxygens (including phenoxy) is 2. The van der Waals surface area contributed by atoms with Crippen LogP contribution in [0.15, 0.2) is 23.9 Å². The van der Waals surface area contributed by atoms with Crippen molar-refractivity contribution < 1.29 is 23.0 Å². The zero-order valence-corrected chi connectivity index (χ0v) is 15.9. The van der Waals surface area contributed by atoms with Crippen LogP contribution in [0.3, 0.4) is 0 Å². The highest BCUT2D eigenvalue weighted by Gasteiger charge is 2.36. The molecule has 146 valence electrons. The van der Waals surface area contributed by atoms with Gasteiger partial charge in [-0.05, 0) is 55.8 Å². The van der Waals surface area contributed by atoms with Crippen molar-refractivity contribution in [3.05, 3.63) is 29.5 Å². The average Bonchev–Trinajstić information content (AvgIpc) is 2.91. The van der Waals surface area contributed by atoms with Crippen LogP contribution < -0.4 is 14.8 Å². The molecule has 1 saturated heterocycles. The Kier molecular flexibility index (Phi) is 6.26. The van der Waals surface area contributed by atoms with Gasteiger partial charge in [-0.25, -0.2) is 0 Å². The fourth-order valence-electron chi connectivity index (χ4n) is 3.46. The second-order valence-electron chi connectivity index (χ2n) is 6.47. The summed E-state index contributed by atoms with van der Waals surface area (Å²) in [5, 5.41) is 3.39. The van der Waals surface area contributed by atoms with E-state index in [4.69, 9.17) is 17.0 Å². The van der Waals surface area contributed by atoms with E-state index in [1.165, 1.54) is 12.5 Å². The Morgan fingerprint density at radius 3 is 2.70 bits per heavy atom. The van der Waals surface area contributed by atoms with Crippen molar-refractivity contribution in [2.45, 2.75) is 51.7 Å². The normalized spacial score (nSPS) is 19.7. The number of nitrogens with zero attached hydrogens (tertiary/aromatic N) is 1. The Bertz CT molecular complexity index is 748. The molecule has 0 radical (unpaired) electrons. The zero-order chi connectivity index (χ0) is 19.4. The van der Waals surface area contributed by atoms with Gasteiger partial charge in [0.1, 0.15) is 5.70 Å². The summed E-state index contributed by atoms with van der Waals surface area (Å²) in [6.45, 7) is -0.885. The number of thiocarbonyl (C=S) groups is 1. The minimum atomic E-state index is -2.94. The third kappa shape index (κ3) is 4.55. The molecule has 2 fully saturated rings. The predicted molar refractivity (Wildman–Crippen MR) is 102 cm³/mol. The first-order valence-electron chi connectivity index (χ1n) is 9.07. The minimum Gasteiger partial charge on any atom is -0.490 e. The minimum absolute atomic E-state index is 0.0425. The Morgan fingerprint density at radius 2 is 2.04 bits per heavy atom. The van der Waals surface area contributed by atoms with Crippen LogP contribution in [0, 0.1) is 0 Å². The highest BCUT2D eigenvalue weighted by atomic mass is 32.1. The standard InChI is InChI=1S/C19H22F2N2O3S/c1-2-25-16-11-12(8-9-15(16)26-18(20)21)10-14-17(24)23(19(27)22-14)13-6-4-3-5-7-13/h8-11,13,18H,2-7H2,1H3,(H,22,27)/b14-10+. The van der Waals surface area contributed by atoms with Crippen LogP contribution in [0.2, 0.25) is 0 Å². The second-order valence-corrected chi connectivity index (χ2v) is 6.86. The maximum atomic E-state index is 12.8. The van der Waals surface area contributed by atoms with E-state index in [2.05, 4.69) is 10.1 Å².